The Kier molecular flexibility index (Phi) is 4.77. The van der Waals surface area contributed by atoms with Crippen LogP contribution in [0.4, 0.5) is 4.39 Å². The molecule has 2 heterocycles. The molecule has 2 N–H and O–H groups in total. The number of H-pyrrole nitrogens is 1. The van der Waals surface area contributed by atoms with Crippen molar-refractivity contribution in [3.8, 4) is 0 Å². The number of hydrogen-bond acceptors (Lipinski definition) is 4. The maximum atomic E-state index is 13.2. The minimum atomic E-state index is -0.761. The number of aliphatic hydroxyl groups is 1. The summed E-state index contributed by atoms with van der Waals surface area (Å²) < 4.78 is 19.2. The van der Waals surface area contributed by atoms with E-state index in [1.807, 2.05) is 0 Å². The van der Waals surface area contributed by atoms with Gasteiger partial charge in [-0.2, -0.15) is 0 Å². The number of nitrogens with zero attached hydrogens (tertiary/aromatic N) is 1. The van der Waals surface area contributed by atoms with Gasteiger partial charge in [-0.3, -0.25) is 9.55 Å². The van der Waals surface area contributed by atoms with E-state index < -0.39 is 29.9 Å². The fourth-order valence-corrected chi connectivity index (χ4v) is 1.70. The van der Waals surface area contributed by atoms with Crippen LogP contribution >= 0.6 is 12.2 Å². The van der Waals surface area contributed by atoms with Crippen molar-refractivity contribution in [2.24, 2.45) is 0 Å². The fourth-order valence-electron chi connectivity index (χ4n) is 1.56. The van der Waals surface area contributed by atoms with Gasteiger partial charge in [0.2, 0.25) is 0 Å². The van der Waals surface area contributed by atoms with Crippen LogP contribution in [0.2, 0.25) is 0 Å². The quantitative estimate of drug-likeness (QED) is 0.444. The fraction of sp³-hybridized carbons (Fsp3) is 0.444. The van der Waals surface area contributed by atoms with E-state index in [1.54, 1.807) is 0 Å². The van der Waals surface area contributed by atoms with Crippen molar-refractivity contribution in [3.05, 3.63) is 34.1 Å². The van der Waals surface area contributed by atoms with Gasteiger partial charge in [-0.15, -0.1) is 0 Å². The number of aromatic amines is 1. The molecule has 0 spiro atoms. The Labute approximate surface area is 116 Å². The second-order valence-corrected chi connectivity index (χ2v) is 3.98. The molecule has 3 atom stereocenters. The second-order valence-electron chi connectivity index (χ2n) is 3.58. The van der Waals surface area contributed by atoms with Crippen LogP contribution < -0.4 is 5.69 Å². The van der Waals surface area contributed by atoms with Crippen LogP contribution in [0.25, 0.3) is 0 Å². The summed E-state index contributed by atoms with van der Waals surface area (Å²) in [7, 11) is 0. The van der Waals surface area contributed by atoms with Crippen LogP contribution in [-0.4, -0.2) is 26.9 Å². The molecule has 1 aromatic rings. The van der Waals surface area contributed by atoms with Crippen molar-refractivity contribution < 1.29 is 35.3 Å². The number of aliphatic hydroxyl groups excluding tert-OH is 1. The Morgan fingerprint density at radius 3 is 2.88 bits per heavy atom. The number of hydrogen-bond donors (Lipinski definition) is 2. The van der Waals surface area contributed by atoms with Crippen molar-refractivity contribution >= 4 is 12.2 Å². The summed E-state index contributed by atoms with van der Waals surface area (Å²) >= 11 is 4.57. The molecular weight excluding hydrogens is 331 g/mol. The minimum absolute atomic E-state index is 0. The third-order valence-corrected chi connectivity index (χ3v) is 2.74. The summed E-state index contributed by atoms with van der Waals surface area (Å²) in [5, 5.41) is 9.42. The molecule has 0 aromatic carbocycles. The molecule has 2 unspecified atom stereocenters. The van der Waals surface area contributed by atoms with Crippen LogP contribution in [0.3, 0.4) is 0 Å². The smallest absolute Gasteiger partial charge is 0.328 e. The van der Waals surface area contributed by atoms with E-state index in [1.165, 1.54) is 0 Å². The molecule has 17 heavy (non-hydrogen) atoms. The maximum Gasteiger partial charge on any atom is 0.328 e. The van der Waals surface area contributed by atoms with Gasteiger partial charge in [0, 0.05) is 27.5 Å². The van der Waals surface area contributed by atoms with Crippen molar-refractivity contribution in [2.45, 2.75) is 24.9 Å². The van der Waals surface area contributed by atoms with Crippen LogP contribution in [0, 0.1) is 17.4 Å². The predicted molar refractivity (Wildman–Crippen MR) is 55.7 cm³/mol. The summed E-state index contributed by atoms with van der Waals surface area (Å²) in [5.74, 6) is -0.708. The molecule has 0 bridgehead atoms. The van der Waals surface area contributed by atoms with Crippen LogP contribution in [0.1, 0.15) is 12.6 Å². The normalized spacial score (nSPS) is 27.8. The van der Waals surface area contributed by atoms with E-state index in [0.717, 1.165) is 10.8 Å². The van der Waals surface area contributed by atoms with Crippen molar-refractivity contribution in [1.82, 2.24) is 9.55 Å². The average molecular weight is 341 g/mol. The van der Waals surface area contributed by atoms with Gasteiger partial charge in [-0.25, -0.2) is 9.18 Å². The van der Waals surface area contributed by atoms with Crippen LogP contribution in [-0.2, 0) is 25.8 Å². The molecule has 5 nitrogen and oxygen atoms in total. The van der Waals surface area contributed by atoms with Gasteiger partial charge >= 0.3 is 5.69 Å². The van der Waals surface area contributed by atoms with Crippen molar-refractivity contribution in [2.75, 3.05) is 0 Å². The van der Waals surface area contributed by atoms with E-state index in [9.17, 15) is 14.3 Å². The largest absolute Gasteiger partial charge is 0.393 e. The Morgan fingerprint density at radius 2 is 2.35 bits per heavy atom. The Morgan fingerprint density at radius 1 is 1.71 bits per heavy atom. The molecule has 0 amide bonds. The summed E-state index contributed by atoms with van der Waals surface area (Å²) in [5.41, 5.74) is -0.572. The van der Waals surface area contributed by atoms with Gasteiger partial charge in [0.15, 0.2) is 5.82 Å². The molecule has 8 heteroatoms. The summed E-state index contributed by atoms with van der Waals surface area (Å²) in [6.45, 7) is 3.55. The molecule has 1 saturated heterocycles. The van der Waals surface area contributed by atoms with Gasteiger partial charge in [0.05, 0.1) is 12.3 Å². The Hall–Kier alpha value is -0.362. The van der Waals surface area contributed by atoms with Gasteiger partial charge in [-0.05, 0) is 6.10 Å². The Bertz CT molecular complexity index is 508. The first-order valence-corrected chi connectivity index (χ1v) is 5.07. The number of rotatable bonds is 1. The average Bonchev–Trinajstić information content (AvgIpc) is 2.53. The number of nitrogens with one attached hydrogen (secondary N) is 1. The van der Waals surface area contributed by atoms with E-state index in [2.05, 4.69) is 24.1 Å². The second kappa shape index (κ2) is 5.52. The summed E-state index contributed by atoms with van der Waals surface area (Å²) in [4.78, 5) is 13.7. The molecule has 1 fully saturated rings. The van der Waals surface area contributed by atoms with Crippen LogP contribution in [0.15, 0.2) is 11.0 Å². The zero-order valence-corrected chi connectivity index (χ0v) is 11.5. The van der Waals surface area contributed by atoms with Gasteiger partial charge in [0.1, 0.15) is 10.9 Å². The standard InChI is InChI=1S/C9H10FN2O3S.Mo/c1-4-6(13)2-7(15-4)12-3-5(10)8(16)11-9(12)14;/h3-4,6-7,13H,1-2H2,(H,11,14,16);/q-1;/t4?,6-,7?;/m0./s1. The first kappa shape index (κ1) is 14.7. The molecule has 0 saturated carbocycles. The van der Waals surface area contributed by atoms with E-state index >= 15 is 0 Å². The Balaban J connectivity index is 0.00000144. The third kappa shape index (κ3) is 2.91. The molecule has 94 valence electrons. The topological polar surface area (TPSA) is 67.2 Å². The number of halogens is 1. The van der Waals surface area contributed by atoms with E-state index in [0.29, 0.717) is 0 Å². The molecule has 1 aliphatic heterocycles. The van der Waals surface area contributed by atoms with Gasteiger partial charge in [-0.1, -0.05) is 12.2 Å². The third-order valence-electron chi connectivity index (χ3n) is 2.44. The first-order chi connectivity index (χ1) is 7.49. The molecular formula is C9H10FMoN2O3S-. The van der Waals surface area contributed by atoms with E-state index in [4.69, 9.17) is 4.74 Å². The molecule has 1 aliphatic rings. The zero-order valence-electron chi connectivity index (χ0n) is 8.63. The monoisotopic (exact) mass is 343 g/mol. The minimum Gasteiger partial charge on any atom is -0.393 e. The summed E-state index contributed by atoms with van der Waals surface area (Å²) in [6.07, 6.45) is -0.938. The molecule has 0 radical (unpaired) electrons. The van der Waals surface area contributed by atoms with E-state index in [-0.39, 0.29) is 32.1 Å². The first-order valence-electron chi connectivity index (χ1n) is 4.66. The molecule has 2 rings (SSSR count). The van der Waals surface area contributed by atoms with Gasteiger partial charge < -0.3 is 16.8 Å². The van der Waals surface area contributed by atoms with Gasteiger partial charge in [0.25, 0.3) is 0 Å². The maximum absolute atomic E-state index is 13.2. The molecule has 0 aliphatic carbocycles. The summed E-state index contributed by atoms with van der Waals surface area (Å²) in [6, 6.07) is 0. The van der Waals surface area contributed by atoms with Crippen molar-refractivity contribution in [3.63, 3.8) is 0 Å². The zero-order chi connectivity index (χ0) is 11.9. The number of aromatic nitrogens is 2. The van der Waals surface area contributed by atoms with Crippen molar-refractivity contribution in [1.29, 1.82) is 0 Å². The SMILES string of the molecule is [CH2-]C1OC(n2cc(F)c(=S)[nH]c2=O)C[C@@H]1O.[Mo]. The molecule has 1 aromatic heterocycles. The number of ether oxygens (including phenoxy) is 1. The van der Waals surface area contributed by atoms with Crippen LogP contribution in [0.5, 0.6) is 0 Å². The predicted octanol–water partition coefficient (Wildman–Crippen LogP) is 0.525.